The van der Waals surface area contributed by atoms with E-state index in [1.165, 1.54) is 5.56 Å². The molecule has 1 aliphatic heterocycles. The summed E-state index contributed by atoms with van der Waals surface area (Å²) in [5.41, 5.74) is 2.94. The van der Waals surface area contributed by atoms with Gasteiger partial charge in [0.15, 0.2) is 11.5 Å². The smallest absolute Gasteiger partial charge is 0.328 e. The number of rotatable bonds is 5. The van der Waals surface area contributed by atoms with Gasteiger partial charge < -0.3 is 14.5 Å². The molecule has 0 unspecified atom stereocenters. The van der Waals surface area contributed by atoms with Crippen LogP contribution in [0.5, 0.6) is 0 Å². The number of amides is 1. The summed E-state index contributed by atoms with van der Waals surface area (Å²) in [7, 11) is 0. The Morgan fingerprint density at radius 3 is 2.77 bits per heavy atom. The number of fused-ring (bicyclic) bond motifs is 1. The molecule has 2 aromatic carbocycles. The van der Waals surface area contributed by atoms with Crippen molar-refractivity contribution in [2.24, 2.45) is 0 Å². The minimum atomic E-state index is -0.572. The first-order valence-electron chi connectivity index (χ1n) is 8.60. The highest BCUT2D eigenvalue weighted by atomic mass is 16.5. The number of aryl methyl sites for hydroxylation is 2. The molecule has 1 aliphatic rings. The third kappa shape index (κ3) is 3.44. The van der Waals surface area contributed by atoms with Gasteiger partial charge in [0.25, 0.3) is 5.91 Å². The van der Waals surface area contributed by atoms with Crippen molar-refractivity contribution < 1.29 is 18.7 Å². The lowest BCUT2D eigenvalue weighted by Gasteiger charge is -2.08. The summed E-state index contributed by atoms with van der Waals surface area (Å²) >= 11 is 0. The van der Waals surface area contributed by atoms with Gasteiger partial charge in [-0.3, -0.25) is 4.79 Å². The summed E-state index contributed by atoms with van der Waals surface area (Å²) in [6, 6.07) is 14.6. The number of nitrogens with zero attached hydrogens (tertiary/aromatic N) is 1. The normalized spacial score (nSPS) is 16.6. The summed E-state index contributed by atoms with van der Waals surface area (Å²) in [5, 5.41) is 2.69. The van der Waals surface area contributed by atoms with Crippen LogP contribution in [-0.4, -0.2) is 29.5 Å². The van der Waals surface area contributed by atoms with Gasteiger partial charge in [0, 0.05) is 18.4 Å². The molecule has 3 aromatic rings. The van der Waals surface area contributed by atoms with Crippen LogP contribution in [0, 0.1) is 0 Å². The number of benzene rings is 2. The quantitative estimate of drug-likeness (QED) is 0.716. The number of esters is 1. The Kier molecular flexibility index (Phi) is 4.39. The molecule has 0 bridgehead atoms. The Labute approximate surface area is 150 Å². The molecule has 1 atom stereocenters. The number of nitrogens with one attached hydrogen (secondary N) is 1. The first-order valence-corrected chi connectivity index (χ1v) is 8.60. The fourth-order valence-corrected chi connectivity index (χ4v) is 2.99. The van der Waals surface area contributed by atoms with Crippen LogP contribution in [-0.2, 0) is 22.4 Å². The number of aromatic nitrogens is 1. The van der Waals surface area contributed by atoms with Crippen LogP contribution in [0.4, 0.5) is 0 Å². The van der Waals surface area contributed by atoms with Crippen LogP contribution in [0.3, 0.4) is 0 Å². The van der Waals surface area contributed by atoms with Gasteiger partial charge in [0.05, 0.1) is 6.61 Å². The van der Waals surface area contributed by atoms with Gasteiger partial charge in [-0.2, -0.15) is 0 Å². The van der Waals surface area contributed by atoms with E-state index in [1.54, 1.807) is 18.2 Å². The van der Waals surface area contributed by atoms with Gasteiger partial charge in [-0.05, 0) is 30.2 Å². The second-order valence-corrected chi connectivity index (χ2v) is 6.26. The molecule has 1 fully saturated rings. The Morgan fingerprint density at radius 1 is 1.15 bits per heavy atom. The van der Waals surface area contributed by atoms with Crippen LogP contribution in [0.1, 0.15) is 28.2 Å². The topological polar surface area (TPSA) is 81.4 Å². The molecule has 132 valence electrons. The van der Waals surface area contributed by atoms with E-state index in [1.807, 2.05) is 18.2 Å². The van der Waals surface area contributed by atoms with Crippen molar-refractivity contribution in [3.8, 4) is 0 Å². The molecule has 0 radical (unpaired) electrons. The van der Waals surface area contributed by atoms with Crippen LogP contribution < -0.4 is 5.32 Å². The second kappa shape index (κ2) is 7.00. The van der Waals surface area contributed by atoms with Crippen molar-refractivity contribution in [3.05, 3.63) is 65.5 Å². The molecule has 1 N–H and O–H groups in total. The zero-order chi connectivity index (χ0) is 17.9. The van der Waals surface area contributed by atoms with Crippen molar-refractivity contribution in [2.75, 3.05) is 6.61 Å². The van der Waals surface area contributed by atoms with E-state index in [0.29, 0.717) is 42.0 Å². The number of carbonyl (C=O) groups excluding carboxylic acids is 2. The number of hydrogen-bond donors (Lipinski definition) is 1. The molecular formula is C20H18N2O4. The molecule has 0 spiro atoms. The van der Waals surface area contributed by atoms with Gasteiger partial charge in [0.2, 0.25) is 0 Å². The highest BCUT2D eigenvalue weighted by Gasteiger charge is 2.28. The van der Waals surface area contributed by atoms with E-state index in [4.69, 9.17) is 9.15 Å². The van der Waals surface area contributed by atoms with Gasteiger partial charge >= 0.3 is 5.97 Å². The highest BCUT2D eigenvalue weighted by molar-refractivity contribution is 5.99. The second-order valence-electron chi connectivity index (χ2n) is 6.26. The fourth-order valence-electron chi connectivity index (χ4n) is 2.99. The van der Waals surface area contributed by atoms with Crippen molar-refractivity contribution in [3.63, 3.8) is 0 Å². The number of ether oxygens (including phenoxy) is 1. The van der Waals surface area contributed by atoms with E-state index in [9.17, 15) is 9.59 Å². The summed E-state index contributed by atoms with van der Waals surface area (Å²) in [6.07, 6.45) is 2.03. The molecule has 26 heavy (non-hydrogen) atoms. The lowest BCUT2D eigenvalue weighted by atomic mass is 10.1. The lowest BCUT2D eigenvalue weighted by molar-refractivity contribution is -0.139. The molecule has 6 heteroatoms. The van der Waals surface area contributed by atoms with Crippen LogP contribution in [0.2, 0.25) is 0 Å². The summed E-state index contributed by atoms with van der Waals surface area (Å²) in [5.74, 6) is -0.0607. The van der Waals surface area contributed by atoms with Crippen molar-refractivity contribution in [1.82, 2.24) is 10.3 Å². The first kappa shape index (κ1) is 16.3. The van der Waals surface area contributed by atoms with Crippen LogP contribution in [0.25, 0.3) is 11.1 Å². The van der Waals surface area contributed by atoms with E-state index in [2.05, 4.69) is 22.4 Å². The van der Waals surface area contributed by atoms with Crippen LogP contribution in [0.15, 0.2) is 52.9 Å². The van der Waals surface area contributed by atoms with E-state index in [0.717, 1.165) is 6.42 Å². The maximum atomic E-state index is 12.3. The molecular weight excluding hydrogens is 332 g/mol. The average molecular weight is 350 g/mol. The Balaban J connectivity index is 1.46. The first-order chi connectivity index (χ1) is 12.7. The molecule has 0 saturated carbocycles. The number of cyclic esters (lactones) is 1. The Bertz CT molecular complexity index is 949. The molecule has 6 nitrogen and oxygen atoms in total. The SMILES string of the molecule is O=C(N[C@@H]1CCOC1=O)c1ccc2oc(CCc3ccccc3)nc2c1. The summed E-state index contributed by atoms with van der Waals surface area (Å²) < 4.78 is 10.6. The number of hydrogen-bond acceptors (Lipinski definition) is 5. The average Bonchev–Trinajstić information content (AvgIpc) is 3.26. The third-order valence-corrected chi connectivity index (χ3v) is 4.41. The maximum Gasteiger partial charge on any atom is 0.328 e. The number of oxazole rings is 1. The van der Waals surface area contributed by atoms with E-state index in [-0.39, 0.29) is 11.9 Å². The predicted molar refractivity (Wildman–Crippen MR) is 94.7 cm³/mol. The largest absolute Gasteiger partial charge is 0.464 e. The predicted octanol–water partition coefficient (Wildman–Crippen LogP) is 2.66. The van der Waals surface area contributed by atoms with Crippen molar-refractivity contribution in [2.45, 2.75) is 25.3 Å². The molecule has 1 saturated heterocycles. The maximum absolute atomic E-state index is 12.3. The zero-order valence-corrected chi connectivity index (χ0v) is 14.1. The van der Waals surface area contributed by atoms with Crippen LogP contribution >= 0.6 is 0 Å². The molecule has 4 rings (SSSR count). The molecule has 2 heterocycles. The van der Waals surface area contributed by atoms with E-state index < -0.39 is 6.04 Å². The van der Waals surface area contributed by atoms with Gasteiger partial charge in [-0.25, -0.2) is 9.78 Å². The van der Waals surface area contributed by atoms with Crippen molar-refractivity contribution >= 4 is 23.0 Å². The molecule has 0 aliphatic carbocycles. The monoisotopic (exact) mass is 350 g/mol. The standard InChI is InChI=1S/C20H18N2O4/c23-19(22-15-10-11-25-20(15)24)14-7-8-17-16(12-14)21-18(26-17)9-6-13-4-2-1-3-5-13/h1-5,7-8,12,15H,6,9-11H2,(H,22,23)/t15-/m1/s1. The van der Waals surface area contributed by atoms with E-state index >= 15 is 0 Å². The summed E-state index contributed by atoms with van der Waals surface area (Å²) in [4.78, 5) is 28.3. The van der Waals surface area contributed by atoms with Gasteiger partial charge in [-0.15, -0.1) is 0 Å². The van der Waals surface area contributed by atoms with Gasteiger partial charge in [0.1, 0.15) is 11.6 Å². The zero-order valence-electron chi connectivity index (χ0n) is 14.1. The Morgan fingerprint density at radius 2 is 2.00 bits per heavy atom. The molecule has 1 amide bonds. The minimum Gasteiger partial charge on any atom is -0.464 e. The Hall–Kier alpha value is -3.15. The van der Waals surface area contributed by atoms with Crippen molar-refractivity contribution in [1.29, 1.82) is 0 Å². The van der Waals surface area contributed by atoms with Gasteiger partial charge in [-0.1, -0.05) is 30.3 Å². The number of carbonyl (C=O) groups is 2. The highest BCUT2D eigenvalue weighted by Crippen LogP contribution is 2.19. The minimum absolute atomic E-state index is 0.315. The third-order valence-electron chi connectivity index (χ3n) is 4.41. The summed E-state index contributed by atoms with van der Waals surface area (Å²) in [6.45, 7) is 0.344. The molecule has 1 aromatic heterocycles. The fraction of sp³-hybridized carbons (Fsp3) is 0.250. The lowest BCUT2D eigenvalue weighted by Crippen LogP contribution is -2.37.